The van der Waals surface area contributed by atoms with Gasteiger partial charge in [-0.1, -0.05) is 34.8 Å². The van der Waals surface area contributed by atoms with Crippen LogP contribution < -0.4 is 14.5 Å². The zero-order chi connectivity index (χ0) is 18.4. The number of halogens is 1. The van der Waals surface area contributed by atoms with Crippen LogP contribution in [-0.2, 0) is 0 Å². The fourth-order valence-corrected chi connectivity index (χ4v) is 5.41. The van der Waals surface area contributed by atoms with Crippen molar-refractivity contribution >= 4 is 53.4 Å². The SMILES string of the molecule is COc1cccc2sc(N3CCN(c4nc5c(F)cccc5s4)CC3)nc12. The van der Waals surface area contributed by atoms with Crippen LogP contribution in [0.15, 0.2) is 36.4 Å². The Morgan fingerprint density at radius 1 is 0.852 bits per heavy atom. The Bertz CT molecular complexity index is 1120. The van der Waals surface area contributed by atoms with Gasteiger partial charge in [-0.05, 0) is 24.3 Å². The van der Waals surface area contributed by atoms with Gasteiger partial charge in [0, 0.05) is 26.2 Å². The summed E-state index contributed by atoms with van der Waals surface area (Å²) in [6.07, 6.45) is 0. The number of benzene rings is 2. The highest BCUT2D eigenvalue weighted by Crippen LogP contribution is 2.35. The lowest BCUT2D eigenvalue weighted by molar-refractivity contribution is 0.419. The number of anilines is 2. The second-order valence-corrected chi connectivity index (χ2v) is 8.38. The largest absolute Gasteiger partial charge is 0.494 e. The van der Waals surface area contributed by atoms with Gasteiger partial charge in [-0.2, -0.15) is 0 Å². The summed E-state index contributed by atoms with van der Waals surface area (Å²) < 4.78 is 21.4. The molecule has 0 unspecified atom stereocenters. The minimum absolute atomic E-state index is 0.253. The maximum Gasteiger partial charge on any atom is 0.186 e. The molecule has 0 bridgehead atoms. The van der Waals surface area contributed by atoms with E-state index in [-0.39, 0.29) is 5.82 Å². The topological polar surface area (TPSA) is 41.5 Å². The Hall–Kier alpha value is -2.45. The van der Waals surface area contributed by atoms with Crippen molar-refractivity contribution in [3.05, 3.63) is 42.2 Å². The molecule has 27 heavy (non-hydrogen) atoms. The Balaban J connectivity index is 1.36. The van der Waals surface area contributed by atoms with Gasteiger partial charge >= 0.3 is 0 Å². The fraction of sp³-hybridized carbons (Fsp3) is 0.263. The highest BCUT2D eigenvalue weighted by atomic mass is 32.1. The van der Waals surface area contributed by atoms with Crippen LogP contribution in [0.1, 0.15) is 0 Å². The average Bonchev–Trinajstić information content (AvgIpc) is 3.33. The van der Waals surface area contributed by atoms with Gasteiger partial charge in [0.25, 0.3) is 0 Å². The molecule has 0 radical (unpaired) electrons. The first-order chi connectivity index (χ1) is 13.2. The number of nitrogens with zero attached hydrogens (tertiary/aromatic N) is 4. The summed E-state index contributed by atoms with van der Waals surface area (Å²) in [5.41, 5.74) is 1.39. The first-order valence-electron chi connectivity index (χ1n) is 8.71. The van der Waals surface area contributed by atoms with Gasteiger partial charge in [0.05, 0.1) is 16.5 Å². The van der Waals surface area contributed by atoms with Crippen LogP contribution >= 0.6 is 22.7 Å². The normalized spacial score (nSPS) is 15.0. The molecule has 0 amide bonds. The third-order valence-electron chi connectivity index (χ3n) is 4.77. The van der Waals surface area contributed by atoms with Gasteiger partial charge in [-0.15, -0.1) is 0 Å². The second kappa shape index (κ2) is 6.61. The number of methoxy groups -OCH3 is 1. The van der Waals surface area contributed by atoms with Crippen LogP contribution in [0.3, 0.4) is 0 Å². The first-order valence-corrected chi connectivity index (χ1v) is 10.3. The standard InChI is InChI=1S/C19H17FN4OS2/c1-25-13-5-3-7-15-17(13)22-19(27-15)24-10-8-23(9-11-24)18-21-16-12(20)4-2-6-14(16)26-18/h2-7H,8-11H2,1H3. The van der Waals surface area contributed by atoms with E-state index in [1.165, 1.54) is 6.07 Å². The molecular formula is C19H17FN4OS2. The summed E-state index contributed by atoms with van der Waals surface area (Å²) >= 11 is 3.24. The molecule has 1 saturated heterocycles. The molecule has 0 atom stereocenters. The molecule has 2 aromatic heterocycles. The lowest BCUT2D eigenvalue weighted by atomic mass is 10.3. The number of thiazole rings is 2. The molecule has 1 fully saturated rings. The maximum absolute atomic E-state index is 13.9. The molecule has 1 aliphatic heterocycles. The molecule has 5 nitrogen and oxygen atoms in total. The van der Waals surface area contributed by atoms with E-state index in [1.54, 1.807) is 35.8 Å². The van der Waals surface area contributed by atoms with E-state index < -0.39 is 0 Å². The van der Waals surface area contributed by atoms with Crippen molar-refractivity contribution in [2.75, 3.05) is 43.1 Å². The summed E-state index contributed by atoms with van der Waals surface area (Å²) in [6, 6.07) is 11.1. The molecular weight excluding hydrogens is 383 g/mol. The molecule has 3 heterocycles. The summed E-state index contributed by atoms with van der Waals surface area (Å²) in [6.45, 7) is 3.41. The highest BCUT2D eigenvalue weighted by Gasteiger charge is 2.23. The molecule has 0 N–H and O–H groups in total. The molecule has 2 aromatic carbocycles. The number of fused-ring (bicyclic) bond motifs is 2. The summed E-state index contributed by atoms with van der Waals surface area (Å²) in [4.78, 5) is 13.8. The van der Waals surface area contributed by atoms with Crippen molar-refractivity contribution in [1.29, 1.82) is 0 Å². The van der Waals surface area contributed by atoms with Crippen molar-refractivity contribution in [2.45, 2.75) is 0 Å². The Kier molecular flexibility index (Phi) is 4.09. The molecule has 0 spiro atoms. The van der Waals surface area contributed by atoms with E-state index in [1.807, 2.05) is 18.2 Å². The first kappa shape index (κ1) is 16.7. The van der Waals surface area contributed by atoms with E-state index in [0.717, 1.165) is 57.1 Å². The predicted molar refractivity (Wildman–Crippen MR) is 110 cm³/mol. The Morgan fingerprint density at radius 3 is 2.00 bits per heavy atom. The van der Waals surface area contributed by atoms with Crippen molar-refractivity contribution < 1.29 is 9.13 Å². The zero-order valence-corrected chi connectivity index (χ0v) is 16.3. The number of hydrogen-bond acceptors (Lipinski definition) is 7. The molecule has 0 aliphatic carbocycles. The summed E-state index contributed by atoms with van der Waals surface area (Å²) in [7, 11) is 1.67. The van der Waals surface area contributed by atoms with Crippen LogP contribution in [0.2, 0.25) is 0 Å². The average molecular weight is 401 g/mol. The number of piperazine rings is 1. The predicted octanol–water partition coefficient (Wildman–Crippen LogP) is 4.38. The Labute approximate surface area is 163 Å². The smallest absolute Gasteiger partial charge is 0.186 e. The lowest BCUT2D eigenvalue weighted by Crippen LogP contribution is -2.46. The lowest BCUT2D eigenvalue weighted by Gasteiger charge is -2.34. The van der Waals surface area contributed by atoms with Crippen LogP contribution in [-0.4, -0.2) is 43.3 Å². The van der Waals surface area contributed by atoms with E-state index in [2.05, 4.69) is 20.9 Å². The minimum Gasteiger partial charge on any atom is -0.494 e. The number of para-hydroxylation sites is 2. The molecule has 1 aliphatic rings. The van der Waals surface area contributed by atoms with Gasteiger partial charge in [0.15, 0.2) is 10.3 Å². The minimum atomic E-state index is -0.253. The zero-order valence-electron chi connectivity index (χ0n) is 14.7. The fourth-order valence-electron chi connectivity index (χ4n) is 3.34. The molecule has 5 rings (SSSR count). The summed E-state index contributed by atoms with van der Waals surface area (Å²) in [5, 5.41) is 1.91. The van der Waals surface area contributed by atoms with Crippen molar-refractivity contribution in [2.24, 2.45) is 0 Å². The van der Waals surface area contributed by atoms with Crippen LogP contribution in [0.25, 0.3) is 20.4 Å². The number of hydrogen-bond donors (Lipinski definition) is 0. The van der Waals surface area contributed by atoms with Crippen molar-refractivity contribution in [3.8, 4) is 5.75 Å². The van der Waals surface area contributed by atoms with Crippen LogP contribution in [0.4, 0.5) is 14.7 Å². The Morgan fingerprint density at radius 2 is 1.41 bits per heavy atom. The molecule has 138 valence electrons. The third-order valence-corrected chi connectivity index (χ3v) is 6.93. The van der Waals surface area contributed by atoms with Gasteiger partial charge in [-0.25, -0.2) is 14.4 Å². The number of aromatic nitrogens is 2. The monoisotopic (exact) mass is 400 g/mol. The van der Waals surface area contributed by atoms with E-state index in [4.69, 9.17) is 9.72 Å². The maximum atomic E-state index is 13.9. The highest BCUT2D eigenvalue weighted by molar-refractivity contribution is 7.22. The number of ether oxygens (including phenoxy) is 1. The van der Waals surface area contributed by atoms with Crippen LogP contribution in [0.5, 0.6) is 5.75 Å². The van der Waals surface area contributed by atoms with Gasteiger partial charge in [0.2, 0.25) is 0 Å². The molecule has 8 heteroatoms. The van der Waals surface area contributed by atoms with Crippen molar-refractivity contribution in [3.63, 3.8) is 0 Å². The van der Waals surface area contributed by atoms with Crippen molar-refractivity contribution in [1.82, 2.24) is 9.97 Å². The van der Waals surface area contributed by atoms with Gasteiger partial charge < -0.3 is 14.5 Å². The number of rotatable bonds is 3. The van der Waals surface area contributed by atoms with E-state index in [9.17, 15) is 4.39 Å². The second-order valence-electron chi connectivity index (χ2n) is 6.36. The molecule has 0 saturated carbocycles. The van der Waals surface area contributed by atoms with E-state index >= 15 is 0 Å². The summed E-state index contributed by atoms with van der Waals surface area (Å²) in [5.74, 6) is 0.558. The quantitative estimate of drug-likeness (QED) is 0.510. The third kappa shape index (κ3) is 2.89. The van der Waals surface area contributed by atoms with Crippen LogP contribution in [0, 0.1) is 5.82 Å². The van der Waals surface area contributed by atoms with Gasteiger partial charge in [-0.3, -0.25) is 0 Å². The van der Waals surface area contributed by atoms with Gasteiger partial charge in [0.1, 0.15) is 22.6 Å². The van der Waals surface area contributed by atoms with E-state index in [0.29, 0.717) is 5.52 Å². The molecule has 4 aromatic rings.